The molecular weight excluding hydrogens is 248 g/mol. The number of hydrogen-bond donors (Lipinski definition) is 2. The van der Waals surface area contributed by atoms with E-state index < -0.39 is 6.04 Å². The number of rotatable bonds is 5. The molecule has 1 heterocycles. The Morgan fingerprint density at radius 1 is 1.53 bits per heavy atom. The zero-order chi connectivity index (χ0) is 14.6. The second kappa shape index (κ2) is 6.33. The molecule has 3 N–H and O–H groups in total. The van der Waals surface area contributed by atoms with Crippen LogP contribution >= 0.6 is 0 Å². The molecule has 0 aromatic carbocycles. The number of nitrogens with one attached hydrogen (secondary N) is 1. The Bertz CT molecular complexity index is 456. The van der Waals surface area contributed by atoms with Gasteiger partial charge in [0, 0.05) is 13.1 Å². The van der Waals surface area contributed by atoms with E-state index >= 15 is 0 Å². The summed E-state index contributed by atoms with van der Waals surface area (Å²) in [4.78, 5) is 24.9. The van der Waals surface area contributed by atoms with Gasteiger partial charge in [-0.25, -0.2) is 0 Å². The van der Waals surface area contributed by atoms with Gasteiger partial charge in [-0.1, -0.05) is 19.0 Å². The summed E-state index contributed by atoms with van der Waals surface area (Å²) in [6.07, 6.45) is 0. The van der Waals surface area contributed by atoms with Crippen LogP contribution in [0, 0.1) is 12.8 Å². The Hall–Kier alpha value is -1.89. The molecule has 7 heteroatoms. The minimum absolute atomic E-state index is 0.0243. The van der Waals surface area contributed by atoms with Gasteiger partial charge in [-0.2, -0.15) is 0 Å². The Morgan fingerprint density at radius 3 is 2.63 bits per heavy atom. The lowest BCUT2D eigenvalue weighted by Crippen LogP contribution is -2.47. The standard InChI is InChI=1S/C12H20N4O3/c1-7(2)11(13)12(18)16(4)6-10(17)14-9-5-8(3)19-15-9/h5,7,11H,6,13H2,1-4H3,(H,14,15,17). The van der Waals surface area contributed by atoms with E-state index in [1.54, 1.807) is 13.0 Å². The van der Waals surface area contributed by atoms with Crippen LogP contribution in [-0.4, -0.2) is 41.5 Å². The van der Waals surface area contributed by atoms with Crippen LogP contribution in [0.3, 0.4) is 0 Å². The maximum atomic E-state index is 11.9. The van der Waals surface area contributed by atoms with Crippen LogP contribution in [0.15, 0.2) is 10.6 Å². The number of carbonyl (C=O) groups excluding carboxylic acids is 2. The number of nitrogens with two attached hydrogens (primary N) is 1. The highest BCUT2D eigenvalue weighted by molar-refractivity contribution is 5.94. The zero-order valence-electron chi connectivity index (χ0n) is 11.6. The molecule has 1 aromatic rings. The van der Waals surface area contributed by atoms with Crippen molar-refractivity contribution in [2.45, 2.75) is 26.8 Å². The predicted molar refractivity (Wildman–Crippen MR) is 70.3 cm³/mol. The molecule has 0 saturated heterocycles. The summed E-state index contributed by atoms with van der Waals surface area (Å²) < 4.78 is 4.82. The molecule has 1 unspecified atom stereocenters. The third-order valence-electron chi connectivity index (χ3n) is 2.66. The number of aromatic nitrogens is 1. The van der Waals surface area contributed by atoms with Crippen molar-refractivity contribution in [3.8, 4) is 0 Å². The first-order valence-electron chi connectivity index (χ1n) is 6.05. The van der Waals surface area contributed by atoms with E-state index in [4.69, 9.17) is 10.3 Å². The lowest BCUT2D eigenvalue weighted by atomic mass is 10.0. The number of nitrogens with zero attached hydrogens (tertiary/aromatic N) is 2. The summed E-state index contributed by atoms with van der Waals surface area (Å²) in [5, 5.41) is 6.17. The van der Waals surface area contributed by atoms with Crippen LogP contribution in [0.1, 0.15) is 19.6 Å². The van der Waals surface area contributed by atoms with E-state index in [2.05, 4.69) is 10.5 Å². The first-order chi connectivity index (χ1) is 8.81. The van der Waals surface area contributed by atoms with Crippen LogP contribution in [0.2, 0.25) is 0 Å². The fourth-order valence-electron chi connectivity index (χ4n) is 1.44. The number of anilines is 1. The molecule has 0 aliphatic carbocycles. The molecule has 0 radical (unpaired) electrons. The largest absolute Gasteiger partial charge is 0.360 e. The van der Waals surface area contributed by atoms with Gasteiger partial charge in [-0.05, 0) is 12.8 Å². The van der Waals surface area contributed by atoms with E-state index in [0.717, 1.165) is 0 Å². The number of hydrogen-bond acceptors (Lipinski definition) is 5. The average Bonchev–Trinajstić information content (AvgIpc) is 2.72. The van der Waals surface area contributed by atoms with Gasteiger partial charge in [0.2, 0.25) is 11.8 Å². The van der Waals surface area contributed by atoms with Crippen molar-refractivity contribution in [3.05, 3.63) is 11.8 Å². The van der Waals surface area contributed by atoms with E-state index in [-0.39, 0.29) is 24.3 Å². The lowest BCUT2D eigenvalue weighted by molar-refractivity contribution is -0.135. The second-order valence-electron chi connectivity index (χ2n) is 4.84. The lowest BCUT2D eigenvalue weighted by Gasteiger charge is -2.22. The topological polar surface area (TPSA) is 101 Å². The molecule has 0 saturated carbocycles. The molecule has 0 fully saturated rings. The Labute approximate surface area is 112 Å². The van der Waals surface area contributed by atoms with Crippen LogP contribution in [0.25, 0.3) is 0 Å². The highest BCUT2D eigenvalue weighted by atomic mass is 16.5. The highest BCUT2D eigenvalue weighted by Gasteiger charge is 2.22. The predicted octanol–water partition coefficient (Wildman–Crippen LogP) is 0.363. The summed E-state index contributed by atoms with van der Waals surface area (Å²) in [6, 6.07) is 0.992. The molecule has 0 spiro atoms. The van der Waals surface area contributed by atoms with Gasteiger partial charge in [0.25, 0.3) is 0 Å². The Kier molecular flexibility index (Phi) is 5.05. The molecule has 1 aromatic heterocycles. The van der Waals surface area contributed by atoms with Gasteiger partial charge in [-0.3, -0.25) is 9.59 Å². The number of likely N-dealkylation sites (N-methyl/N-ethyl adjacent to an activating group) is 1. The van der Waals surface area contributed by atoms with Crippen LogP contribution in [0.5, 0.6) is 0 Å². The van der Waals surface area contributed by atoms with Gasteiger partial charge in [0.05, 0.1) is 12.6 Å². The van der Waals surface area contributed by atoms with Gasteiger partial charge in [0.15, 0.2) is 5.82 Å². The first-order valence-corrected chi connectivity index (χ1v) is 6.05. The van der Waals surface area contributed by atoms with E-state index in [1.807, 2.05) is 13.8 Å². The monoisotopic (exact) mass is 268 g/mol. The zero-order valence-corrected chi connectivity index (χ0v) is 11.6. The van der Waals surface area contributed by atoms with Crippen LogP contribution < -0.4 is 11.1 Å². The summed E-state index contributed by atoms with van der Waals surface area (Å²) in [7, 11) is 1.54. The molecular formula is C12H20N4O3. The fourth-order valence-corrected chi connectivity index (χ4v) is 1.44. The molecule has 2 amide bonds. The SMILES string of the molecule is Cc1cc(NC(=O)CN(C)C(=O)C(N)C(C)C)no1. The molecule has 0 bridgehead atoms. The molecule has 7 nitrogen and oxygen atoms in total. The normalized spacial score (nSPS) is 12.3. The minimum atomic E-state index is -0.605. The smallest absolute Gasteiger partial charge is 0.245 e. The van der Waals surface area contributed by atoms with Crippen molar-refractivity contribution in [2.24, 2.45) is 11.7 Å². The van der Waals surface area contributed by atoms with Crippen molar-refractivity contribution in [3.63, 3.8) is 0 Å². The van der Waals surface area contributed by atoms with Gasteiger partial charge >= 0.3 is 0 Å². The van der Waals surface area contributed by atoms with Crippen molar-refractivity contribution in [1.29, 1.82) is 0 Å². The highest BCUT2D eigenvalue weighted by Crippen LogP contribution is 2.07. The Balaban J connectivity index is 2.50. The second-order valence-corrected chi connectivity index (χ2v) is 4.84. The van der Waals surface area contributed by atoms with E-state index in [0.29, 0.717) is 11.6 Å². The van der Waals surface area contributed by atoms with Crippen LogP contribution in [-0.2, 0) is 9.59 Å². The van der Waals surface area contributed by atoms with E-state index in [9.17, 15) is 9.59 Å². The molecule has 1 atom stereocenters. The molecule has 0 aliphatic rings. The average molecular weight is 268 g/mol. The summed E-state index contributed by atoms with van der Waals surface area (Å²) in [5.41, 5.74) is 5.74. The van der Waals surface area contributed by atoms with Crippen molar-refractivity contribution in [1.82, 2.24) is 10.1 Å². The third kappa shape index (κ3) is 4.36. The third-order valence-corrected chi connectivity index (χ3v) is 2.66. The van der Waals surface area contributed by atoms with Crippen molar-refractivity contribution in [2.75, 3.05) is 18.9 Å². The minimum Gasteiger partial charge on any atom is -0.360 e. The number of aryl methyl sites for hydroxylation is 1. The van der Waals surface area contributed by atoms with Gasteiger partial charge in [-0.15, -0.1) is 0 Å². The van der Waals surface area contributed by atoms with Crippen molar-refractivity contribution < 1.29 is 14.1 Å². The maximum absolute atomic E-state index is 11.9. The van der Waals surface area contributed by atoms with Crippen LogP contribution in [0.4, 0.5) is 5.82 Å². The maximum Gasteiger partial charge on any atom is 0.245 e. The van der Waals surface area contributed by atoms with Crippen molar-refractivity contribution >= 4 is 17.6 Å². The first kappa shape index (κ1) is 15.2. The molecule has 19 heavy (non-hydrogen) atoms. The summed E-state index contributed by atoms with van der Waals surface area (Å²) in [6.45, 7) is 5.36. The fraction of sp³-hybridized carbons (Fsp3) is 0.583. The number of amides is 2. The van der Waals surface area contributed by atoms with Gasteiger partial charge in [0.1, 0.15) is 5.76 Å². The quantitative estimate of drug-likeness (QED) is 0.803. The Morgan fingerprint density at radius 2 is 2.16 bits per heavy atom. The van der Waals surface area contributed by atoms with Gasteiger partial charge < -0.3 is 20.5 Å². The molecule has 0 aliphatic heterocycles. The molecule has 1 rings (SSSR count). The van der Waals surface area contributed by atoms with E-state index in [1.165, 1.54) is 11.9 Å². The molecule has 106 valence electrons. The summed E-state index contributed by atoms with van der Waals surface area (Å²) in [5.74, 6) is 0.343. The summed E-state index contributed by atoms with van der Waals surface area (Å²) >= 11 is 0. The number of carbonyl (C=O) groups is 2.